The summed E-state index contributed by atoms with van der Waals surface area (Å²) in [5.41, 5.74) is 0. The van der Waals surface area contributed by atoms with Gasteiger partial charge in [0.1, 0.15) is 5.78 Å². The summed E-state index contributed by atoms with van der Waals surface area (Å²) in [6.07, 6.45) is 2.97. The molecule has 0 atom stereocenters. The highest BCUT2D eigenvalue weighted by atomic mass is 16.7. The van der Waals surface area contributed by atoms with Crippen LogP contribution in [0.2, 0.25) is 0 Å². The Bertz CT molecular complexity index is 172. The lowest BCUT2D eigenvalue weighted by molar-refractivity contribution is -0.180. The Morgan fingerprint density at radius 2 is 1.60 bits per heavy atom. The molecule has 1 aliphatic heterocycles. The summed E-state index contributed by atoms with van der Waals surface area (Å²) < 4.78 is 10.8. The summed E-state index contributed by atoms with van der Waals surface area (Å²) in [7, 11) is 0. The molecule has 0 amide bonds. The largest absolute Gasteiger partial charge is 0.347 e. The quantitative estimate of drug-likeness (QED) is 0.624. The van der Waals surface area contributed by atoms with Gasteiger partial charge in [-0.05, 0) is 6.42 Å². The van der Waals surface area contributed by atoms with Crippen molar-refractivity contribution in [3.8, 4) is 0 Å². The van der Waals surface area contributed by atoms with Crippen molar-refractivity contribution in [3.63, 3.8) is 0 Å². The van der Waals surface area contributed by atoms with E-state index in [1.165, 1.54) is 0 Å². The molecule has 0 aromatic rings. The molecule has 1 aliphatic carbocycles. The van der Waals surface area contributed by atoms with Crippen molar-refractivity contribution in [3.05, 3.63) is 0 Å². The molecule has 2 fully saturated rings. The summed E-state index contributed by atoms with van der Waals surface area (Å²) in [6.45, 7) is 9.29. The zero-order valence-corrected chi connectivity index (χ0v) is 10.5. The van der Waals surface area contributed by atoms with Crippen LogP contribution in [0.3, 0.4) is 0 Å². The first-order valence-electron chi connectivity index (χ1n) is 6.10. The van der Waals surface area contributed by atoms with Crippen molar-refractivity contribution < 1.29 is 14.3 Å². The molecule has 15 heavy (non-hydrogen) atoms. The summed E-state index contributed by atoms with van der Waals surface area (Å²) in [5.74, 6) is -0.229. The molecule has 0 N–H and O–H groups in total. The first-order chi connectivity index (χ1) is 7.31. The lowest BCUT2D eigenvalue weighted by Crippen LogP contribution is -2.36. The number of hydrogen-bond acceptors (Lipinski definition) is 3. The second kappa shape index (κ2) is 7.83. The van der Waals surface area contributed by atoms with E-state index in [2.05, 4.69) is 0 Å². The van der Waals surface area contributed by atoms with E-state index >= 15 is 0 Å². The smallest absolute Gasteiger partial charge is 0.175 e. The minimum Gasteiger partial charge on any atom is -0.347 e. The fraction of sp³-hybridized carbons (Fsp3) is 0.917. The average molecular weight is 216 g/mol. The van der Waals surface area contributed by atoms with Crippen LogP contribution in [0.5, 0.6) is 0 Å². The molecule has 0 aromatic heterocycles. The number of carbonyl (C=O) groups excluding carboxylic acids is 1. The van der Waals surface area contributed by atoms with Gasteiger partial charge in [0.15, 0.2) is 5.79 Å². The van der Waals surface area contributed by atoms with E-state index < -0.39 is 5.79 Å². The van der Waals surface area contributed by atoms with Gasteiger partial charge in [-0.15, -0.1) is 0 Å². The average Bonchev–Trinajstić information content (AvgIpc) is 2.72. The minimum atomic E-state index is -0.505. The standard InChI is InChI=1S/C8H12O3.2C2H6/c9-7-2-1-3-8(6-7)10-4-5-11-8;2*1-2/h1-6H2;2*1-2H3. The Kier molecular flexibility index (Phi) is 7.61. The Morgan fingerprint density at radius 1 is 1.07 bits per heavy atom. The van der Waals surface area contributed by atoms with E-state index in [4.69, 9.17) is 9.47 Å². The number of ether oxygens (including phenoxy) is 2. The molecular formula is C12H24O3. The van der Waals surface area contributed by atoms with Gasteiger partial charge in [-0.2, -0.15) is 0 Å². The summed E-state index contributed by atoms with van der Waals surface area (Å²) >= 11 is 0. The van der Waals surface area contributed by atoms with E-state index in [-0.39, 0.29) is 5.78 Å². The van der Waals surface area contributed by atoms with Gasteiger partial charge in [-0.3, -0.25) is 4.79 Å². The Morgan fingerprint density at radius 3 is 2.07 bits per heavy atom. The van der Waals surface area contributed by atoms with Gasteiger partial charge in [-0.1, -0.05) is 27.7 Å². The highest BCUT2D eigenvalue weighted by molar-refractivity contribution is 5.80. The van der Waals surface area contributed by atoms with E-state index in [9.17, 15) is 4.79 Å². The highest BCUT2D eigenvalue weighted by Gasteiger charge is 2.40. The number of carbonyl (C=O) groups is 1. The zero-order chi connectivity index (χ0) is 11.7. The van der Waals surface area contributed by atoms with Gasteiger partial charge in [0.25, 0.3) is 0 Å². The maximum atomic E-state index is 11.1. The number of Topliss-reactive ketones (excluding diaryl/α,β-unsaturated/α-hetero) is 1. The van der Waals surface area contributed by atoms with Crippen LogP contribution in [0.25, 0.3) is 0 Å². The van der Waals surface area contributed by atoms with Gasteiger partial charge < -0.3 is 9.47 Å². The maximum absolute atomic E-state index is 11.1. The molecule has 1 saturated heterocycles. The van der Waals surface area contributed by atoms with Crippen molar-refractivity contribution >= 4 is 5.78 Å². The van der Waals surface area contributed by atoms with E-state index in [0.717, 1.165) is 12.8 Å². The topological polar surface area (TPSA) is 35.5 Å². The third-order valence-electron chi connectivity index (χ3n) is 2.29. The van der Waals surface area contributed by atoms with E-state index in [1.807, 2.05) is 27.7 Å². The molecular weight excluding hydrogens is 192 g/mol. The fourth-order valence-corrected chi connectivity index (χ4v) is 1.78. The van der Waals surface area contributed by atoms with Gasteiger partial charge in [0.05, 0.1) is 19.6 Å². The molecule has 2 rings (SSSR count). The van der Waals surface area contributed by atoms with Gasteiger partial charge in [-0.25, -0.2) is 0 Å². The van der Waals surface area contributed by atoms with Crippen molar-refractivity contribution in [2.45, 2.75) is 59.2 Å². The van der Waals surface area contributed by atoms with Crippen LogP contribution in [0.1, 0.15) is 53.4 Å². The molecule has 0 aromatic carbocycles. The monoisotopic (exact) mass is 216 g/mol. The first kappa shape index (κ1) is 14.6. The van der Waals surface area contributed by atoms with Crippen LogP contribution in [0.15, 0.2) is 0 Å². The number of rotatable bonds is 0. The molecule has 1 heterocycles. The second-order valence-corrected chi connectivity index (χ2v) is 3.18. The molecule has 2 aliphatic rings. The molecule has 0 bridgehead atoms. The molecule has 1 saturated carbocycles. The lowest BCUT2D eigenvalue weighted by atomic mass is 9.93. The van der Waals surface area contributed by atoms with Gasteiger partial charge in [0, 0.05) is 12.8 Å². The summed E-state index contributed by atoms with van der Waals surface area (Å²) in [5, 5.41) is 0. The van der Waals surface area contributed by atoms with Gasteiger partial charge in [0.2, 0.25) is 0 Å². The normalized spacial score (nSPS) is 22.5. The van der Waals surface area contributed by atoms with E-state index in [1.54, 1.807) is 0 Å². The lowest BCUT2D eigenvalue weighted by Gasteiger charge is -2.29. The van der Waals surface area contributed by atoms with Crippen LogP contribution in [-0.4, -0.2) is 24.8 Å². The minimum absolute atomic E-state index is 0.276. The number of ketones is 1. The van der Waals surface area contributed by atoms with Crippen LogP contribution in [0.4, 0.5) is 0 Å². The third-order valence-corrected chi connectivity index (χ3v) is 2.29. The maximum Gasteiger partial charge on any atom is 0.175 e. The van der Waals surface area contributed by atoms with Crippen molar-refractivity contribution in [2.24, 2.45) is 0 Å². The predicted octanol–water partition coefficient (Wildman–Crippen LogP) is 2.93. The highest BCUT2D eigenvalue weighted by Crippen LogP contribution is 2.33. The molecule has 90 valence electrons. The molecule has 0 unspecified atom stereocenters. The molecule has 3 nitrogen and oxygen atoms in total. The van der Waals surface area contributed by atoms with Crippen LogP contribution in [0, 0.1) is 0 Å². The SMILES string of the molecule is CC.CC.O=C1CCCC2(C1)OCCO2. The molecule has 3 heteroatoms. The van der Waals surface area contributed by atoms with Crippen LogP contribution < -0.4 is 0 Å². The zero-order valence-electron chi connectivity index (χ0n) is 10.5. The van der Waals surface area contributed by atoms with Gasteiger partial charge >= 0.3 is 0 Å². The molecule has 0 radical (unpaired) electrons. The van der Waals surface area contributed by atoms with Crippen molar-refractivity contribution in [1.82, 2.24) is 0 Å². The Balaban J connectivity index is 0.000000442. The Labute approximate surface area is 93.1 Å². The Hall–Kier alpha value is -0.410. The summed E-state index contributed by atoms with van der Waals surface area (Å²) in [6, 6.07) is 0. The van der Waals surface area contributed by atoms with Crippen molar-refractivity contribution in [1.29, 1.82) is 0 Å². The second-order valence-electron chi connectivity index (χ2n) is 3.18. The summed E-state index contributed by atoms with van der Waals surface area (Å²) in [4.78, 5) is 11.1. The predicted molar refractivity (Wildman–Crippen MR) is 60.8 cm³/mol. The van der Waals surface area contributed by atoms with Crippen LogP contribution in [-0.2, 0) is 14.3 Å². The fourth-order valence-electron chi connectivity index (χ4n) is 1.78. The molecule has 1 spiro atoms. The third kappa shape index (κ3) is 4.31. The number of hydrogen-bond donors (Lipinski definition) is 0. The van der Waals surface area contributed by atoms with E-state index in [0.29, 0.717) is 26.1 Å². The van der Waals surface area contributed by atoms with Crippen LogP contribution >= 0.6 is 0 Å². The van der Waals surface area contributed by atoms with Crippen molar-refractivity contribution in [2.75, 3.05) is 13.2 Å². The first-order valence-corrected chi connectivity index (χ1v) is 6.10.